The first-order valence-corrected chi connectivity index (χ1v) is 11.4. The number of benzene rings is 3. The third kappa shape index (κ3) is 5.33. The largest absolute Gasteiger partial charge is 0.354 e. The van der Waals surface area contributed by atoms with Crippen molar-refractivity contribution in [2.75, 3.05) is 31.5 Å². The van der Waals surface area contributed by atoms with E-state index in [-0.39, 0.29) is 6.03 Å². The molecule has 0 atom stereocenters. The normalized spacial score (nSPS) is 13.6. The lowest BCUT2D eigenvalue weighted by Crippen LogP contribution is -2.49. The molecule has 1 aromatic heterocycles. The van der Waals surface area contributed by atoms with Crippen LogP contribution in [0.5, 0.6) is 0 Å². The van der Waals surface area contributed by atoms with Crippen molar-refractivity contribution in [3.63, 3.8) is 0 Å². The number of nitrogens with zero attached hydrogens (tertiary/aromatic N) is 4. The summed E-state index contributed by atoms with van der Waals surface area (Å²) in [5.41, 5.74) is 4.18. The highest BCUT2D eigenvalue weighted by atomic mass is 16.5. The van der Waals surface area contributed by atoms with Crippen molar-refractivity contribution in [1.29, 1.82) is 5.26 Å². The molecular weight excluding hydrogens is 438 g/mol. The lowest BCUT2D eigenvalue weighted by atomic mass is 10.1. The highest BCUT2D eigenvalue weighted by Crippen LogP contribution is 2.22. The van der Waals surface area contributed by atoms with Gasteiger partial charge in [-0.1, -0.05) is 47.3 Å². The van der Waals surface area contributed by atoms with Gasteiger partial charge in [0.1, 0.15) is 0 Å². The summed E-state index contributed by atoms with van der Waals surface area (Å²) in [5, 5.41) is 16.7. The molecule has 3 aromatic carbocycles. The number of para-hydroxylation sites is 1. The van der Waals surface area contributed by atoms with Crippen molar-refractivity contribution in [1.82, 2.24) is 15.0 Å². The smallest absolute Gasteiger partial charge is 0.323 e. The van der Waals surface area contributed by atoms with Crippen molar-refractivity contribution in [3.05, 3.63) is 95.1 Å². The maximum absolute atomic E-state index is 12.7. The van der Waals surface area contributed by atoms with Crippen LogP contribution in [0.2, 0.25) is 0 Å². The predicted octanol–water partition coefficient (Wildman–Crippen LogP) is 4.45. The molecule has 1 aliphatic rings. The molecule has 0 unspecified atom stereocenters. The second kappa shape index (κ2) is 10.1. The third-order valence-electron chi connectivity index (χ3n) is 5.94. The van der Waals surface area contributed by atoms with Gasteiger partial charge in [-0.05, 0) is 48.0 Å². The van der Waals surface area contributed by atoms with Gasteiger partial charge >= 0.3 is 6.03 Å². The SMILES string of the molecule is N#Cc1cccc(C#Cc2cccc(CN3CCN(C(=O)Nc4noc5ccccc45)CC3)c2)c1. The monoisotopic (exact) mass is 461 g/mol. The van der Waals surface area contributed by atoms with E-state index in [4.69, 9.17) is 9.78 Å². The van der Waals surface area contributed by atoms with Gasteiger partial charge in [0, 0.05) is 43.9 Å². The van der Waals surface area contributed by atoms with Gasteiger partial charge < -0.3 is 9.42 Å². The van der Waals surface area contributed by atoms with Crippen LogP contribution in [0.1, 0.15) is 22.3 Å². The van der Waals surface area contributed by atoms with Crippen LogP contribution in [0.3, 0.4) is 0 Å². The van der Waals surface area contributed by atoms with Gasteiger partial charge in [-0.15, -0.1) is 0 Å². The van der Waals surface area contributed by atoms with Crippen LogP contribution in [0, 0.1) is 23.2 Å². The Morgan fingerprint density at radius 2 is 1.63 bits per heavy atom. The van der Waals surface area contributed by atoms with E-state index < -0.39 is 0 Å². The van der Waals surface area contributed by atoms with E-state index in [1.54, 1.807) is 17.0 Å². The van der Waals surface area contributed by atoms with Gasteiger partial charge in [0.25, 0.3) is 0 Å². The van der Waals surface area contributed by atoms with E-state index in [1.807, 2.05) is 48.5 Å². The number of nitriles is 1. The van der Waals surface area contributed by atoms with E-state index in [9.17, 15) is 4.79 Å². The van der Waals surface area contributed by atoms with Gasteiger partial charge in [-0.25, -0.2) is 4.79 Å². The number of hydrogen-bond donors (Lipinski definition) is 1. The molecule has 4 aromatic rings. The number of fused-ring (bicyclic) bond motifs is 1. The molecule has 7 heteroatoms. The fraction of sp³-hybridized carbons (Fsp3) is 0.179. The maximum Gasteiger partial charge on any atom is 0.323 e. The summed E-state index contributed by atoms with van der Waals surface area (Å²) in [6, 6.07) is 24.9. The Labute approximate surface area is 203 Å². The zero-order chi connectivity index (χ0) is 24.0. The van der Waals surface area contributed by atoms with Gasteiger partial charge in [0.15, 0.2) is 11.4 Å². The summed E-state index contributed by atoms with van der Waals surface area (Å²) < 4.78 is 5.27. The number of anilines is 1. The van der Waals surface area contributed by atoms with Crippen LogP contribution in [0.4, 0.5) is 10.6 Å². The number of carbonyl (C=O) groups excluding carboxylic acids is 1. The number of urea groups is 1. The van der Waals surface area contributed by atoms with Crippen LogP contribution in [-0.4, -0.2) is 47.2 Å². The zero-order valence-electron chi connectivity index (χ0n) is 19.1. The first-order chi connectivity index (χ1) is 17.2. The molecule has 1 fully saturated rings. The second-order valence-corrected chi connectivity index (χ2v) is 8.36. The van der Waals surface area contributed by atoms with E-state index in [2.05, 4.69) is 45.4 Å². The topological polar surface area (TPSA) is 85.4 Å². The Morgan fingerprint density at radius 3 is 2.43 bits per heavy atom. The summed E-state index contributed by atoms with van der Waals surface area (Å²) >= 11 is 0. The highest BCUT2D eigenvalue weighted by molar-refractivity contribution is 5.98. The average Bonchev–Trinajstić information content (AvgIpc) is 3.31. The molecule has 0 radical (unpaired) electrons. The van der Waals surface area contributed by atoms with E-state index in [1.165, 1.54) is 5.56 Å². The van der Waals surface area contributed by atoms with Crippen LogP contribution in [-0.2, 0) is 6.54 Å². The summed E-state index contributed by atoms with van der Waals surface area (Å²) in [6.07, 6.45) is 0. The first-order valence-electron chi connectivity index (χ1n) is 11.4. The second-order valence-electron chi connectivity index (χ2n) is 8.36. The predicted molar refractivity (Wildman–Crippen MR) is 133 cm³/mol. The molecule has 2 amide bonds. The Kier molecular flexibility index (Phi) is 6.43. The average molecular weight is 462 g/mol. The molecule has 1 N–H and O–H groups in total. The van der Waals surface area contributed by atoms with Gasteiger partial charge in [-0.2, -0.15) is 5.26 Å². The maximum atomic E-state index is 12.7. The number of hydrogen-bond acceptors (Lipinski definition) is 5. The quantitative estimate of drug-likeness (QED) is 0.456. The van der Waals surface area contributed by atoms with Crippen molar-refractivity contribution in [2.45, 2.75) is 6.54 Å². The number of piperazine rings is 1. The lowest BCUT2D eigenvalue weighted by Gasteiger charge is -2.34. The van der Waals surface area contributed by atoms with Crippen LogP contribution < -0.4 is 5.32 Å². The first kappa shape index (κ1) is 22.2. The third-order valence-corrected chi connectivity index (χ3v) is 5.94. The summed E-state index contributed by atoms with van der Waals surface area (Å²) in [4.78, 5) is 16.9. The number of carbonyl (C=O) groups is 1. The molecule has 1 aliphatic heterocycles. The van der Waals surface area contributed by atoms with E-state index in [0.717, 1.165) is 36.1 Å². The molecule has 5 rings (SSSR count). The Morgan fingerprint density at radius 1 is 0.914 bits per heavy atom. The number of aromatic nitrogens is 1. The Hall–Kier alpha value is -4.59. The molecule has 1 saturated heterocycles. The van der Waals surface area contributed by atoms with Crippen LogP contribution in [0.15, 0.2) is 77.3 Å². The minimum absolute atomic E-state index is 0.165. The summed E-state index contributed by atoms with van der Waals surface area (Å²) in [7, 11) is 0. The van der Waals surface area contributed by atoms with E-state index in [0.29, 0.717) is 30.1 Å². The molecule has 0 aliphatic carbocycles. The Balaban J connectivity index is 1.16. The van der Waals surface area contributed by atoms with Crippen molar-refractivity contribution in [3.8, 4) is 17.9 Å². The standard InChI is InChI=1S/C28H23N5O2/c29-19-23-7-3-5-21(17-23)11-12-22-6-4-8-24(18-22)20-32-13-15-33(16-14-32)28(34)30-27-25-9-1-2-10-26(25)35-31-27/h1-10,17-18H,13-16,20H2,(H,30,31,34). The highest BCUT2D eigenvalue weighted by Gasteiger charge is 2.22. The number of nitrogens with one attached hydrogen (secondary N) is 1. The molecule has 0 saturated carbocycles. The number of rotatable bonds is 3. The van der Waals surface area contributed by atoms with Gasteiger partial charge in [-0.3, -0.25) is 10.2 Å². The molecule has 172 valence electrons. The zero-order valence-corrected chi connectivity index (χ0v) is 19.1. The van der Waals surface area contributed by atoms with Crippen LogP contribution >= 0.6 is 0 Å². The number of amides is 2. The van der Waals surface area contributed by atoms with Gasteiger partial charge in [0.2, 0.25) is 0 Å². The molecule has 2 heterocycles. The minimum Gasteiger partial charge on any atom is -0.354 e. The lowest BCUT2D eigenvalue weighted by molar-refractivity contribution is 0.143. The van der Waals surface area contributed by atoms with Crippen molar-refractivity contribution < 1.29 is 9.32 Å². The molecule has 0 spiro atoms. The fourth-order valence-corrected chi connectivity index (χ4v) is 4.08. The molecular formula is C28H23N5O2. The van der Waals surface area contributed by atoms with Crippen LogP contribution in [0.25, 0.3) is 11.0 Å². The van der Waals surface area contributed by atoms with E-state index >= 15 is 0 Å². The summed E-state index contributed by atoms with van der Waals surface area (Å²) in [6.45, 7) is 3.63. The minimum atomic E-state index is -0.165. The molecule has 7 nitrogen and oxygen atoms in total. The molecule has 0 bridgehead atoms. The summed E-state index contributed by atoms with van der Waals surface area (Å²) in [5.74, 6) is 6.78. The molecule has 35 heavy (non-hydrogen) atoms. The fourth-order valence-electron chi connectivity index (χ4n) is 4.08. The van der Waals surface area contributed by atoms with Gasteiger partial charge in [0.05, 0.1) is 17.0 Å². The Bertz CT molecular complexity index is 1470. The van der Waals surface area contributed by atoms with Crippen molar-refractivity contribution in [2.24, 2.45) is 0 Å². The van der Waals surface area contributed by atoms with Crippen molar-refractivity contribution >= 4 is 22.8 Å².